The first-order chi connectivity index (χ1) is 17.5. The summed E-state index contributed by atoms with van der Waals surface area (Å²) in [7, 11) is 1.11. The topological polar surface area (TPSA) is 205 Å². The number of carbonyl (C=O) groups excluding carboxylic acids is 5. The molecule has 214 valence electrons. The van der Waals surface area contributed by atoms with Gasteiger partial charge in [-0.15, -0.1) is 0 Å². The summed E-state index contributed by atoms with van der Waals surface area (Å²) in [5.41, 5.74) is 2.97. The van der Waals surface area contributed by atoms with Gasteiger partial charge in [-0.3, -0.25) is 24.0 Å². The van der Waals surface area contributed by atoms with Crippen molar-refractivity contribution in [1.29, 1.82) is 0 Å². The zero-order chi connectivity index (χ0) is 29.3. The second-order valence-electron chi connectivity index (χ2n) is 9.99. The van der Waals surface area contributed by atoms with Crippen LogP contribution in [-0.4, -0.2) is 106 Å². The highest BCUT2D eigenvalue weighted by molar-refractivity contribution is 6.21. The average molecular weight is 549 g/mol. The van der Waals surface area contributed by atoms with Crippen molar-refractivity contribution in [3.8, 4) is 0 Å². The standard InChI is InChI=1S/C23H34F2N4O9/c1-9(2)15(17(32)23(24,25)21(36)37)28-20(35)22-12(13(30)8-14(38-5)16(22)31)6-7-29(22)19(34)11(4)27-18(33)10(3)26/h9-12,14-15,17,32H,6-8,26H2,1-5H3,(H,27,33)(H,28,35)(H,36,37)/t10-,11-,12?,14?,15?,17?,22+/m0/s1. The number of amides is 3. The maximum atomic E-state index is 14.2. The molecule has 0 bridgehead atoms. The van der Waals surface area contributed by atoms with Gasteiger partial charge in [0.05, 0.1) is 18.0 Å². The van der Waals surface area contributed by atoms with Gasteiger partial charge in [0.25, 0.3) is 5.91 Å². The van der Waals surface area contributed by atoms with Crippen LogP contribution in [0.2, 0.25) is 0 Å². The third-order valence-electron chi connectivity index (χ3n) is 7.07. The highest BCUT2D eigenvalue weighted by atomic mass is 19.3. The summed E-state index contributed by atoms with van der Waals surface area (Å²) in [5.74, 6) is -14.2. The Morgan fingerprint density at radius 2 is 1.74 bits per heavy atom. The highest BCUT2D eigenvalue weighted by Crippen LogP contribution is 2.43. The Labute approximate surface area is 217 Å². The van der Waals surface area contributed by atoms with E-state index in [1.165, 1.54) is 27.7 Å². The summed E-state index contributed by atoms with van der Waals surface area (Å²) < 4.78 is 33.5. The van der Waals surface area contributed by atoms with Gasteiger partial charge in [0.2, 0.25) is 11.8 Å². The van der Waals surface area contributed by atoms with E-state index in [4.69, 9.17) is 15.6 Å². The smallest absolute Gasteiger partial charge is 0.377 e. The van der Waals surface area contributed by atoms with Crippen molar-refractivity contribution in [1.82, 2.24) is 15.5 Å². The Hall–Kier alpha value is -3.04. The summed E-state index contributed by atoms with van der Waals surface area (Å²) in [6.07, 6.45) is -4.88. The number of ketones is 2. The lowest BCUT2D eigenvalue weighted by atomic mass is 9.69. The van der Waals surface area contributed by atoms with E-state index < -0.39 is 88.9 Å². The van der Waals surface area contributed by atoms with Gasteiger partial charge in [0, 0.05) is 20.1 Å². The lowest BCUT2D eigenvalue weighted by molar-refractivity contribution is -0.187. The molecule has 0 aromatic rings. The number of Topliss-reactive ketones (excluding diaryl/α,β-unsaturated/α-hetero) is 2. The minimum absolute atomic E-state index is 0.131. The summed E-state index contributed by atoms with van der Waals surface area (Å²) in [5, 5.41) is 23.6. The van der Waals surface area contributed by atoms with Gasteiger partial charge in [-0.1, -0.05) is 13.8 Å². The molecule has 1 aliphatic carbocycles. The molecule has 0 radical (unpaired) electrons. The van der Waals surface area contributed by atoms with E-state index >= 15 is 0 Å². The second-order valence-corrected chi connectivity index (χ2v) is 9.99. The molecule has 0 aromatic carbocycles. The van der Waals surface area contributed by atoms with Crippen LogP contribution in [-0.2, 0) is 33.5 Å². The van der Waals surface area contributed by atoms with Gasteiger partial charge in [0.15, 0.2) is 11.3 Å². The summed E-state index contributed by atoms with van der Waals surface area (Å²) in [4.78, 5) is 78.0. The zero-order valence-corrected chi connectivity index (χ0v) is 21.7. The van der Waals surface area contributed by atoms with Gasteiger partial charge in [0.1, 0.15) is 24.0 Å². The number of halogens is 2. The van der Waals surface area contributed by atoms with E-state index in [9.17, 15) is 42.7 Å². The summed E-state index contributed by atoms with van der Waals surface area (Å²) in [6, 6.07) is -4.19. The molecule has 3 amide bonds. The monoisotopic (exact) mass is 548 g/mol. The quantitative estimate of drug-likeness (QED) is 0.194. The SMILES string of the molecule is COC1CC(=O)C2CCN(C(=O)[C@H](C)NC(=O)[C@H](C)N)[C@@]2(C(=O)NC(C(C)C)C(O)C(F)(F)C(=O)O)C1=O. The molecule has 2 rings (SSSR count). The third-order valence-corrected chi connectivity index (χ3v) is 7.07. The number of aliphatic hydroxyl groups excluding tert-OH is 1. The first kappa shape index (κ1) is 31.2. The van der Waals surface area contributed by atoms with E-state index in [0.717, 1.165) is 12.0 Å². The van der Waals surface area contributed by atoms with Crippen LogP contribution in [0.1, 0.15) is 40.5 Å². The van der Waals surface area contributed by atoms with Crippen molar-refractivity contribution in [2.45, 2.75) is 82.3 Å². The molecule has 0 spiro atoms. The maximum absolute atomic E-state index is 14.2. The number of methoxy groups -OCH3 is 1. The fraction of sp³-hybridized carbons (Fsp3) is 0.739. The van der Waals surface area contributed by atoms with Crippen LogP contribution < -0.4 is 16.4 Å². The summed E-state index contributed by atoms with van der Waals surface area (Å²) >= 11 is 0. The van der Waals surface area contributed by atoms with Crippen molar-refractivity contribution in [2.75, 3.05) is 13.7 Å². The molecule has 38 heavy (non-hydrogen) atoms. The molecule has 1 aliphatic heterocycles. The number of carboxylic acids is 1. The number of hydrogen-bond donors (Lipinski definition) is 5. The number of hydrogen-bond acceptors (Lipinski definition) is 9. The van der Waals surface area contributed by atoms with E-state index in [2.05, 4.69) is 10.6 Å². The highest BCUT2D eigenvalue weighted by Gasteiger charge is 2.68. The van der Waals surface area contributed by atoms with Crippen LogP contribution >= 0.6 is 0 Å². The first-order valence-electron chi connectivity index (χ1n) is 12.0. The third kappa shape index (κ3) is 5.27. The van der Waals surface area contributed by atoms with Crippen LogP contribution in [0, 0.1) is 11.8 Å². The number of carboxylic acid groups (broad SMARTS) is 1. The minimum Gasteiger partial charge on any atom is -0.477 e. The number of nitrogens with zero attached hydrogens (tertiary/aromatic N) is 1. The number of rotatable bonds is 10. The predicted molar refractivity (Wildman–Crippen MR) is 125 cm³/mol. The van der Waals surface area contributed by atoms with Crippen molar-refractivity contribution < 1.29 is 52.5 Å². The number of ether oxygens (including phenoxy) is 1. The average Bonchev–Trinajstić information content (AvgIpc) is 3.25. The van der Waals surface area contributed by atoms with Gasteiger partial charge in [-0.2, -0.15) is 8.78 Å². The lowest BCUT2D eigenvalue weighted by Crippen LogP contribution is -2.74. The largest absolute Gasteiger partial charge is 0.477 e. The molecule has 1 heterocycles. The fourth-order valence-corrected chi connectivity index (χ4v) is 4.92. The Morgan fingerprint density at radius 1 is 1.16 bits per heavy atom. The van der Waals surface area contributed by atoms with Crippen LogP contribution in [0.15, 0.2) is 0 Å². The van der Waals surface area contributed by atoms with Crippen molar-refractivity contribution in [3.63, 3.8) is 0 Å². The van der Waals surface area contributed by atoms with Gasteiger partial charge in [-0.05, 0) is 26.2 Å². The Kier molecular flexibility index (Phi) is 9.33. The number of nitrogens with one attached hydrogen (secondary N) is 2. The van der Waals surface area contributed by atoms with Crippen LogP contribution in [0.25, 0.3) is 0 Å². The van der Waals surface area contributed by atoms with E-state index in [1.54, 1.807) is 0 Å². The number of alkyl halides is 2. The predicted octanol–water partition coefficient (Wildman–Crippen LogP) is -1.80. The van der Waals surface area contributed by atoms with Gasteiger partial charge < -0.3 is 36.2 Å². The van der Waals surface area contributed by atoms with E-state index in [-0.39, 0.29) is 19.4 Å². The van der Waals surface area contributed by atoms with E-state index in [1.807, 2.05) is 0 Å². The second kappa shape index (κ2) is 11.4. The molecule has 15 heteroatoms. The number of nitrogens with two attached hydrogens (primary N) is 1. The molecule has 2 fully saturated rings. The normalized spacial score (nSPS) is 26.8. The first-order valence-corrected chi connectivity index (χ1v) is 12.0. The Morgan fingerprint density at radius 3 is 2.21 bits per heavy atom. The Balaban J connectivity index is 2.60. The van der Waals surface area contributed by atoms with Crippen molar-refractivity contribution >= 4 is 35.3 Å². The van der Waals surface area contributed by atoms with Crippen LogP contribution in [0.3, 0.4) is 0 Å². The molecule has 0 aromatic heterocycles. The Bertz CT molecular complexity index is 1010. The molecular formula is C23H34F2N4O9. The van der Waals surface area contributed by atoms with Crippen molar-refractivity contribution in [2.24, 2.45) is 17.6 Å². The number of aliphatic hydroxyl groups is 1. The van der Waals surface area contributed by atoms with E-state index in [0.29, 0.717) is 0 Å². The molecule has 7 atom stereocenters. The fourth-order valence-electron chi connectivity index (χ4n) is 4.92. The minimum atomic E-state index is -4.68. The van der Waals surface area contributed by atoms with Crippen LogP contribution in [0.4, 0.5) is 8.78 Å². The van der Waals surface area contributed by atoms with Gasteiger partial charge in [-0.25, -0.2) is 4.79 Å². The lowest BCUT2D eigenvalue weighted by Gasteiger charge is -2.45. The molecule has 1 saturated carbocycles. The zero-order valence-electron chi connectivity index (χ0n) is 21.7. The molecule has 1 saturated heterocycles. The molecule has 4 unspecified atom stereocenters. The number of carbonyl (C=O) groups is 6. The van der Waals surface area contributed by atoms with Crippen molar-refractivity contribution in [3.05, 3.63) is 0 Å². The number of likely N-dealkylation sites (tertiary alicyclic amines) is 1. The van der Waals surface area contributed by atoms with Crippen LogP contribution in [0.5, 0.6) is 0 Å². The molecule has 13 nitrogen and oxygen atoms in total. The van der Waals surface area contributed by atoms with Gasteiger partial charge >= 0.3 is 11.9 Å². The molecule has 6 N–H and O–H groups in total. The maximum Gasteiger partial charge on any atom is 0.377 e. The molecular weight excluding hydrogens is 514 g/mol. The number of aliphatic carboxylic acids is 1. The summed E-state index contributed by atoms with van der Waals surface area (Å²) in [6.45, 7) is 5.00. The molecule has 2 aliphatic rings. The number of fused-ring (bicyclic) bond motifs is 1.